The summed E-state index contributed by atoms with van der Waals surface area (Å²) in [4.78, 5) is 22.8. The maximum absolute atomic E-state index is 13.9. The van der Waals surface area contributed by atoms with Crippen LogP contribution in [0.4, 0.5) is 0 Å². The molecule has 0 aliphatic carbocycles. The van der Waals surface area contributed by atoms with Gasteiger partial charge in [0, 0.05) is 55.5 Å². The normalized spacial score (nSPS) is 12.8. The lowest BCUT2D eigenvalue weighted by atomic mass is 9.96. The van der Waals surface area contributed by atoms with E-state index in [1.165, 1.54) is 16.3 Å². The fraction of sp³-hybridized carbons (Fsp3) is 0. The van der Waals surface area contributed by atoms with Gasteiger partial charge in [0.1, 0.15) is 0 Å². The summed E-state index contributed by atoms with van der Waals surface area (Å²) < 4.78 is 4.23. The minimum atomic E-state index is 0.0270. The SMILES string of the molecule is O=c1c2ccccc2c2c3c4ccncc4n4c5cnccc5c(c5c6ccccc6n1c25)c34. The summed E-state index contributed by atoms with van der Waals surface area (Å²) in [5.74, 6) is 0. The van der Waals surface area contributed by atoms with E-state index in [0.29, 0.717) is 0 Å². The van der Waals surface area contributed by atoms with Gasteiger partial charge in [-0.3, -0.25) is 19.2 Å². The molecule has 9 rings (SSSR count). The number of aromatic nitrogens is 4. The maximum atomic E-state index is 13.9. The van der Waals surface area contributed by atoms with E-state index in [-0.39, 0.29) is 5.56 Å². The van der Waals surface area contributed by atoms with Crippen LogP contribution >= 0.6 is 0 Å². The number of benzene rings is 3. The molecule has 0 saturated carbocycles. The van der Waals surface area contributed by atoms with Crippen LogP contribution in [0.3, 0.4) is 0 Å². The van der Waals surface area contributed by atoms with Crippen molar-refractivity contribution < 1.29 is 0 Å². The molecule has 5 nitrogen and oxygen atoms in total. The Balaban J connectivity index is 1.87. The van der Waals surface area contributed by atoms with E-state index in [1.807, 2.05) is 53.5 Å². The van der Waals surface area contributed by atoms with Crippen molar-refractivity contribution in [1.82, 2.24) is 18.8 Å². The van der Waals surface area contributed by atoms with E-state index in [0.717, 1.165) is 59.8 Å². The Bertz CT molecular complexity index is 2340. The van der Waals surface area contributed by atoms with Crippen LogP contribution in [0, 0.1) is 0 Å². The first-order valence-electron chi connectivity index (χ1n) is 11.3. The van der Waals surface area contributed by atoms with E-state index in [1.54, 1.807) is 0 Å². The number of hydrogen-bond donors (Lipinski definition) is 0. The van der Waals surface area contributed by atoms with Crippen LogP contribution in [0.1, 0.15) is 0 Å². The molecule has 0 amide bonds. The highest BCUT2D eigenvalue weighted by molar-refractivity contribution is 6.43. The predicted molar refractivity (Wildman–Crippen MR) is 138 cm³/mol. The molecular formula is C29H14N4O. The average molecular weight is 434 g/mol. The second-order valence-corrected chi connectivity index (χ2v) is 9.02. The van der Waals surface area contributed by atoms with Crippen LogP contribution in [-0.2, 0) is 0 Å². The lowest BCUT2D eigenvalue weighted by molar-refractivity contribution is 1.21. The van der Waals surface area contributed by atoms with Gasteiger partial charge in [-0.25, -0.2) is 0 Å². The van der Waals surface area contributed by atoms with Gasteiger partial charge in [-0.1, -0.05) is 36.4 Å². The predicted octanol–water partition coefficient (Wildman–Crippen LogP) is 6.14. The molecule has 0 saturated heterocycles. The Morgan fingerprint density at radius 2 is 1.00 bits per heavy atom. The zero-order valence-electron chi connectivity index (χ0n) is 17.8. The van der Waals surface area contributed by atoms with Gasteiger partial charge in [-0.2, -0.15) is 0 Å². The summed E-state index contributed by atoms with van der Waals surface area (Å²) in [6.45, 7) is 0. The van der Waals surface area contributed by atoms with Crippen molar-refractivity contribution in [3.8, 4) is 0 Å². The van der Waals surface area contributed by atoms with Crippen molar-refractivity contribution in [1.29, 1.82) is 0 Å². The van der Waals surface area contributed by atoms with E-state index in [9.17, 15) is 4.79 Å². The fourth-order valence-corrected chi connectivity index (χ4v) is 6.36. The molecule has 0 fully saturated rings. The van der Waals surface area contributed by atoms with Crippen LogP contribution in [0.15, 0.2) is 90.2 Å². The van der Waals surface area contributed by atoms with Crippen molar-refractivity contribution in [2.45, 2.75) is 0 Å². The molecule has 0 aliphatic heterocycles. The second-order valence-electron chi connectivity index (χ2n) is 9.02. The molecule has 34 heavy (non-hydrogen) atoms. The van der Waals surface area contributed by atoms with Crippen LogP contribution in [0.25, 0.3) is 76.1 Å². The van der Waals surface area contributed by atoms with Gasteiger partial charge in [0.2, 0.25) is 0 Å². The lowest BCUT2D eigenvalue weighted by Crippen LogP contribution is -2.12. The number of hydrogen-bond acceptors (Lipinski definition) is 3. The smallest absolute Gasteiger partial charge is 0.263 e. The van der Waals surface area contributed by atoms with Crippen molar-refractivity contribution in [2.24, 2.45) is 0 Å². The monoisotopic (exact) mass is 434 g/mol. The van der Waals surface area contributed by atoms with Crippen LogP contribution < -0.4 is 5.56 Å². The third-order valence-corrected chi connectivity index (χ3v) is 7.56. The summed E-state index contributed by atoms with van der Waals surface area (Å²) in [6, 6.07) is 20.4. The maximum Gasteiger partial charge on any atom is 0.263 e. The Labute approximate surface area is 190 Å². The number of pyridine rings is 3. The minimum Gasteiger partial charge on any atom is -0.305 e. The van der Waals surface area contributed by atoms with Gasteiger partial charge in [0.05, 0.1) is 40.0 Å². The first-order valence-corrected chi connectivity index (χ1v) is 11.3. The van der Waals surface area contributed by atoms with Gasteiger partial charge < -0.3 is 4.40 Å². The Morgan fingerprint density at radius 1 is 0.500 bits per heavy atom. The Hall–Kier alpha value is -4.77. The topological polar surface area (TPSA) is 51.7 Å². The first kappa shape index (κ1) is 16.8. The molecule has 0 N–H and O–H groups in total. The van der Waals surface area contributed by atoms with E-state index >= 15 is 0 Å². The summed E-state index contributed by atoms with van der Waals surface area (Å²) >= 11 is 0. The minimum absolute atomic E-state index is 0.0270. The van der Waals surface area contributed by atoms with E-state index in [2.05, 4.69) is 50.8 Å². The highest BCUT2D eigenvalue weighted by Gasteiger charge is 2.27. The zero-order valence-corrected chi connectivity index (χ0v) is 17.8. The Kier molecular flexibility index (Phi) is 2.67. The second kappa shape index (κ2) is 5.41. The summed E-state index contributed by atoms with van der Waals surface area (Å²) in [5, 5.41) is 9.68. The van der Waals surface area contributed by atoms with Crippen LogP contribution in [0.2, 0.25) is 0 Å². The van der Waals surface area contributed by atoms with Crippen molar-refractivity contribution in [2.75, 3.05) is 0 Å². The molecule has 0 spiro atoms. The molecule has 156 valence electrons. The van der Waals surface area contributed by atoms with Crippen LogP contribution in [0.5, 0.6) is 0 Å². The number of rotatable bonds is 0. The third kappa shape index (κ3) is 1.63. The van der Waals surface area contributed by atoms with Gasteiger partial charge in [-0.15, -0.1) is 0 Å². The first-order chi connectivity index (χ1) is 16.8. The van der Waals surface area contributed by atoms with Gasteiger partial charge >= 0.3 is 0 Å². The molecule has 0 bridgehead atoms. The molecular weight excluding hydrogens is 420 g/mol. The van der Waals surface area contributed by atoms with Crippen molar-refractivity contribution in [3.05, 3.63) is 95.8 Å². The summed E-state index contributed by atoms with van der Waals surface area (Å²) in [6.07, 6.45) is 7.57. The molecule has 9 aromatic rings. The number of fused-ring (bicyclic) bond motifs is 13. The lowest BCUT2D eigenvalue weighted by Gasteiger charge is -2.09. The number of para-hydroxylation sites is 1. The quantitative estimate of drug-likeness (QED) is 0.270. The molecule has 0 radical (unpaired) electrons. The summed E-state index contributed by atoms with van der Waals surface area (Å²) in [5.41, 5.74) is 5.24. The van der Waals surface area contributed by atoms with Crippen molar-refractivity contribution >= 4 is 76.1 Å². The van der Waals surface area contributed by atoms with Gasteiger partial charge in [0.25, 0.3) is 5.56 Å². The highest BCUT2D eigenvalue weighted by Crippen LogP contribution is 2.49. The zero-order chi connectivity index (χ0) is 22.1. The highest BCUT2D eigenvalue weighted by atomic mass is 16.1. The molecule has 3 aromatic carbocycles. The van der Waals surface area contributed by atoms with E-state index < -0.39 is 0 Å². The fourth-order valence-electron chi connectivity index (χ4n) is 6.36. The molecule has 5 heteroatoms. The standard InChI is InChI=1S/C29H14N4O/c34-29-16-6-2-1-5-15(16)23-25-18-9-11-30-13-21(18)32-22-14-31-12-10-19(22)26(27(25)32)24-17-7-3-4-8-20(17)33(29)28(23)24/h1-14H. The molecule has 6 heterocycles. The Morgan fingerprint density at radius 3 is 1.68 bits per heavy atom. The largest absolute Gasteiger partial charge is 0.305 e. The number of nitrogens with zero attached hydrogens (tertiary/aromatic N) is 4. The van der Waals surface area contributed by atoms with Crippen LogP contribution in [-0.4, -0.2) is 18.8 Å². The molecule has 6 aromatic heterocycles. The van der Waals surface area contributed by atoms with E-state index in [4.69, 9.17) is 0 Å². The molecule has 0 atom stereocenters. The average Bonchev–Trinajstić information content (AvgIpc) is 3.52. The van der Waals surface area contributed by atoms with Crippen molar-refractivity contribution in [3.63, 3.8) is 0 Å². The summed E-state index contributed by atoms with van der Waals surface area (Å²) in [7, 11) is 0. The van der Waals surface area contributed by atoms with Gasteiger partial charge in [0.15, 0.2) is 0 Å². The third-order valence-electron chi connectivity index (χ3n) is 7.56. The van der Waals surface area contributed by atoms with Gasteiger partial charge in [-0.05, 0) is 29.7 Å². The molecule has 0 aliphatic rings. The molecule has 0 unspecified atom stereocenters.